The third kappa shape index (κ3) is 6.43. The Morgan fingerprint density at radius 1 is 1.09 bits per heavy atom. The van der Waals surface area contributed by atoms with Crippen molar-refractivity contribution in [2.24, 2.45) is 0 Å². The van der Waals surface area contributed by atoms with E-state index in [-0.39, 0.29) is 10.7 Å². The van der Waals surface area contributed by atoms with Gasteiger partial charge in [0.2, 0.25) is 11.0 Å². The first-order chi connectivity index (χ1) is 16.3. The topological polar surface area (TPSA) is 66.9 Å². The Kier molecular flexibility index (Phi) is 8.00. The second-order valence-electron chi connectivity index (χ2n) is 7.94. The third-order valence-corrected chi connectivity index (χ3v) is 7.97. The van der Waals surface area contributed by atoms with Crippen molar-refractivity contribution < 1.29 is 18.0 Å². The van der Waals surface area contributed by atoms with Gasteiger partial charge in [0.05, 0.1) is 16.3 Å². The van der Waals surface area contributed by atoms with Crippen LogP contribution in [0.3, 0.4) is 0 Å². The highest BCUT2D eigenvalue weighted by Gasteiger charge is 2.32. The molecule has 1 atom stereocenters. The highest BCUT2D eigenvalue weighted by Crippen LogP contribution is 2.40. The molecule has 0 bridgehead atoms. The summed E-state index contributed by atoms with van der Waals surface area (Å²) in [5.74, 6) is -0.505. The molecular weight excluding hydrogens is 505 g/mol. The molecule has 4 rings (SSSR count). The van der Waals surface area contributed by atoms with Crippen LogP contribution in [-0.2, 0) is 11.0 Å². The molecule has 1 heterocycles. The number of carbonyl (C=O) groups excluding carboxylic acids is 1. The molecule has 1 aliphatic rings. The number of benzene rings is 2. The Labute approximate surface area is 208 Å². The maximum Gasteiger partial charge on any atom is 0.416 e. The number of carbonyl (C=O) groups is 1. The maximum atomic E-state index is 13.2. The molecule has 1 amide bonds. The molecule has 5 nitrogen and oxygen atoms in total. The highest BCUT2D eigenvalue weighted by atomic mass is 35.5. The van der Waals surface area contributed by atoms with Crippen LogP contribution in [0.25, 0.3) is 0 Å². The van der Waals surface area contributed by atoms with Crippen molar-refractivity contribution >= 4 is 51.4 Å². The summed E-state index contributed by atoms with van der Waals surface area (Å²) in [7, 11) is 0. The first-order valence-electron chi connectivity index (χ1n) is 10.8. The van der Waals surface area contributed by atoms with Crippen LogP contribution in [0.5, 0.6) is 0 Å². The van der Waals surface area contributed by atoms with Gasteiger partial charge in [0.1, 0.15) is 5.25 Å². The molecule has 34 heavy (non-hydrogen) atoms. The van der Waals surface area contributed by atoms with E-state index in [4.69, 9.17) is 11.6 Å². The minimum atomic E-state index is -4.55. The van der Waals surface area contributed by atoms with Gasteiger partial charge in [-0.2, -0.15) is 13.2 Å². The summed E-state index contributed by atoms with van der Waals surface area (Å²) in [4.78, 5) is 13.2. The van der Waals surface area contributed by atoms with E-state index in [0.29, 0.717) is 21.1 Å². The predicted octanol–water partition coefficient (Wildman–Crippen LogP) is 7.43. The smallest absolute Gasteiger partial charge is 0.357 e. The fourth-order valence-electron chi connectivity index (χ4n) is 3.73. The Morgan fingerprint density at radius 3 is 2.53 bits per heavy atom. The van der Waals surface area contributed by atoms with Crippen molar-refractivity contribution in [3.63, 3.8) is 0 Å². The molecule has 0 saturated heterocycles. The van der Waals surface area contributed by atoms with Crippen molar-refractivity contribution in [3.8, 4) is 0 Å². The predicted molar refractivity (Wildman–Crippen MR) is 131 cm³/mol. The Morgan fingerprint density at radius 2 is 1.82 bits per heavy atom. The van der Waals surface area contributed by atoms with E-state index in [9.17, 15) is 18.0 Å². The quantitative estimate of drug-likeness (QED) is 0.313. The van der Waals surface area contributed by atoms with Crippen LogP contribution in [0.15, 0.2) is 52.9 Å². The summed E-state index contributed by atoms with van der Waals surface area (Å²) >= 11 is 8.63. The summed E-state index contributed by atoms with van der Waals surface area (Å²) < 4.78 is 40.0. The Hall–Kier alpha value is -2.30. The molecule has 0 aliphatic heterocycles. The zero-order valence-corrected chi connectivity index (χ0v) is 20.3. The molecule has 11 heteroatoms. The number of hydrogen-bond acceptors (Lipinski definition) is 6. The Bertz CT molecular complexity index is 1120. The lowest BCUT2D eigenvalue weighted by atomic mass is 9.96. The normalized spacial score (nSPS) is 15.6. The highest BCUT2D eigenvalue weighted by molar-refractivity contribution is 8.02. The van der Waals surface area contributed by atoms with Crippen LogP contribution in [0.1, 0.15) is 48.5 Å². The molecular formula is C23H22ClF3N4OS2. The van der Waals surface area contributed by atoms with E-state index >= 15 is 0 Å². The SMILES string of the molecule is O=C(Nc1cc(C(F)(F)F)ccc1Cl)[C@H](Sc1nnc(NC2CCCCC2)s1)c1ccccc1. The molecule has 0 unspecified atom stereocenters. The Balaban J connectivity index is 1.53. The molecule has 180 valence electrons. The second-order valence-corrected chi connectivity index (χ2v) is 10.7. The number of anilines is 2. The van der Waals surface area contributed by atoms with Gasteiger partial charge in [-0.15, -0.1) is 10.2 Å². The first kappa shape index (κ1) is 24.8. The van der Waals surface area contributed by atoms with Crippen molar-refractivity contribution in [3.05, 3.63) is 64.7 Å². The summed E-state index contributed by atoms with van der Waals surface area (Å²) in [5, 5.41) is 14.4. The zero-order chi connectivity index (χ0) is 24.1. The fraction of sp³-hybridized carbons (Fsp3) is 0.348. The first-order valence-corrected chi connectivity index (χ1v) is 12.9. The third-order valence-electron chi connectivity index (χ3n) is 5.45. The maximum absolute atomic E-state index is 13.2. The van der Waals surface area contributed by atoms with Gasteiger partial charge in [0, 0.05) is 6.04 Å². The van der Waals surface area contributed by atoms with Gasteiger partial charge in [-0.25, -0.2) is 0 Å². The molecule has 1 fully saturated rings. The summed E-state index contributed by atoms with van der Waals surface area (Å²) in [6.45, 7) is 0. The fourth-order valence-corrected chi connectivity index (χ4v) is 5.92. The molecule has 2 aromatic carbocycles. The number of thioether (sulfide) groups is 1. The molecule has 0 spiro atoms. The average Bonchev–Trinajstić information content (AvgIpc) is 3.26. The number of nitrogens with zero attached hydrogens (tertiary/aromatic N) is 2. The monoisotopic (exact) mass is 526 g/mol. The number of halogens is 4. The molecule has 1 aliphatic carbocycles. The lowest BCUT2D eigenvalue weighted by Crippen LogP contribution is -2.21. The summed E-state index contributed by atoms with van der Waals surface area (Å²) in [6.07, 6.45) is 1.26. The van der Waals surface area contributed by atoms with E-state index in [1.165, 1.54) is 42.4 Å². The van der Waals surface area contributed by atoms with E-state index in [0.717, 1.165) is 31.0 Å². The average molecular weight is 527 g/mol. The van der Waals surface area contributed by atoms with Crippen molar-refractivity contribution in [2.45, 2.75) is 53.9 Å². The standard InChI is InChI=1S/C23H22ClF3N4OS2/c24-17-12-11-15(23(25,26)27)13-18(17)29-20(32)19(14-7-3-1-4-8-14)33-22-31-30-21(34-22)28-16-9-5-2-6-10-16/h1,3-4,7-8,11-13,16,19H,2,5-6,9-10H2,(H,28,30)(H,29,32)/t19-/m1/s1. The number of hydrogen-bond donors (Lipinski definition) is 2. The number of amides is 1. The van der Waals surface area contributed by atoms with E-state index in [1.807, 2.05) is 6.07 Å². The van der Waals surface area contributed by atoms with Crippen molar-refractivity contribution in [2.75, 3.05) is 10.6 Å². The van der Waals surface area contributed by atoms with Crippen LogP contribution in [0, 0.1) is 0 Å². The van der Waals surface area contributed by atoms with Gasteiger partial charge in [-0.1, -0.05) is 84.3 Å². The number of aromatic nitrogens is 2. The van der Waals surface area contributed by atoms with Gasteiger partial charge < -0.3 is 10.6 Å². The lowest BCUT2D eigenvalue weighted by Gasteiger charge is -2.21. The molecule has 0 radical (unpaired) electrons. The lowest BCUT2D eigenvalue weighted by molar-refractivity contribution is -0.137. The van der Waals surface area contributed by atoms with Crippen LogP contribution in [-0.4, -0.2) is 22.1 Å². The molecule has 1 aromatic heterocycles. The van der Waals surface area contributed by atoms with Crippen molar-refractivity contribution in [1.29, 1.82) is 0 Å². The second kappa shape index (κ2) is 11.0. The van der Waals surface area contributed by atoms with Crippen LogP contribution < -0.4 is 10.6 Å². The molecule has 1 saturated carbocycles. The van der Waals surface area contributed by atoms with Gasteiger partial charge in [0.15, 0.2) is 4.34 Å². The van der Waals surface area contributed by atoms with Gasteiger partial charge in [-0.3, -0.25) is 4.79 Å². The van der Waals surface area contributed by atoms with E-state index in [2.05, 4.69) is 20.8 Å². The largest absolute Gasteiger partial charge is 0.416 e. The van der Waals surface area contributed by atoms with E-state index < -0.39 is 22.9 Å². The van der Waals surface area contributed by atoms with Crippen molar-refractivity contribution in [1.82, 2.24) is 10.2 Å². The van der Waals surface area contributed by atoms with E-state index in [1.54, 1.807) is 24.3 Å². The zero-order valence-electron chi connectivity index (χ0n) is 17.9. The van der Waals surface area contributed by atoms with Gasteiger partial charge in [-0.05, 0) is 36.6 Å². The number of alkyl halides is 3. The minimum absolute atomic E-state index is 0.0213. The number of rotatable bonds is 7. The van der Waals surface area contributed by atoms with Gasteiger partial charge >= 0.3 is 6.18 Å². The summed E-state index contributed by atoms with van der Waals surface area (Å²) in [5.41, 5.74) is -0.302. The molecule has 3 aromatic rings. The van der Waals surface area contributed by atoms with Crippen LogP contribution in [0.2, 0.25) is 5.02 Å². The van der Waals surface area contributed by atoms with Crippen LogP contribution >= 0.6 is 34.7 Å². The molecule has 2 N–H and O–H groups in total. The summed E-state index contributed by atoms with van der Waals surface area (Å²) in [6, 6.07) is 12.2. The van der Waals surface area contributed by atoms with Crippen LogP contribution in [0.4, 0.5) is 24.0 Å². The number of nitrogens with one attached hydrogen (secondary N) is 2. The minimum Gasteiger partial charge on any atom is -0.357 e. The van der Waals surface area contributed by atoms with Gasteiger partial charge in [0.25, 0.3) is 0 Å².